The molecule has 1 aromatic heterocycles. The second-order valence-electron chi connectivity index (χ2n) is 3.76. The zero-order valence-electron chi connectivity index (χ0n) is 9.52. The van der Waals surface area contributed by atoms with E-state index in [9.17, 15) is 13.2 Å². The summed E-state index contributed by atoms with van der Waals surface area (Å²) in [7, 11) is 1.27. The Morgan fingerprint density at radius 2 is 1.88 bits per heavy atom. The average molecular weight is 269 g/mol. The molecule has 0 radical (unpaired) electrons. The highest BCUT2D eigenvalue weighted by atomic mass is 35.5. The Morgan fingerprint density at radius 1 is 1.35 bits per heavy atom. The molecule has 0 aliphatic heterocycles. The zero-order valence-corrected chi connectivity index (χ0v) is 10.3. The van der Waals surface area contributed by atoms with Crippen LogP contribution in [0.4, 0.5) is 18.9 Å². The molecule has 0 aromatic carbocycles. The van der Waals surface area contributed by atoms with Crippen LogP contribution in [0.15, 0.2) is 0 Å². The minimum atomic E-state index is -4.59. The van der Waals surface area contributed by atoms with Crippen molar-refractivity contribution in [2.75, 3.05) is 12.8 Å². The molecule has 0 aliphatic carbocycles. The monoisotopic (exact) mass is 268 g/mol. The summed E-state index contributed by atoms with van der Waals surface area (Å²) in [6.45, 7) is 3.17. The second-order valence-corrected chi connectivity index (χ2v) is 4.14. The van der Waals surface area contributed by atoms with Crippen molar-refractivity contribution in [2.24, 2.45) is 0 Å². The first kappa shape index (κ1) is 13.9. The number of methoxy groups -OCH3 is 1. The number of ether oxygens (including phenoxy) is 1. The molecular formula is C10H12ClF3N2O. The molecule has 0 amide bonds. The lowest BCUT2D eigenvalue weighted by molar-refractivity contribution is -0.138. The first-order chi connectivity index (χ1) is 7.70. The van der Waals surface area contributed by atoms with Gasteiger partial charge in [-0.2, -0.15) is 13.2 Å². The Balaban J connectivity index is 3.62. The van der Waals surface area contributed by atoms with E-state index in [2.05, 4.69) is 4.98 Å². The standard InChI is InChI=1S/C10H12ClF3N2O/c1-4(2)8-5(10(12,13)14)6(11)7(15)9(16-8)17-3/h4H,15H2,1-3H3. The van der Waals surface area contributed by atoms with Crippen LogP contribution in [0.1, 0.15) is 31.0 Å². The molecule has 0 saturated carbocycles. The summed E-state index contributed by atoms with van der Waals surface area (Å²) in [6.07, 6.45) is -4.59. The van der Waals surface area contributed by atoms with E-state index in [0.29, 0.717) is 0 Å². The van der Waals surface area contributed by atoms with Gasteiger partial charge in [0.2, 0.25) is 5.88 Å². The number of aromatic nitrogens is 1. The first-order valence-electron chi connectivity index (χ1n) is 4.80. The van der Waals surface area contributed by atoms with Crippen LogP contribution in [-0.2, 0) is 6.18 Å². The van der Waals surface area contributed by atoms with Gasteiger partial charge in [0, 0.05) is 0 Å². The fourth-order valence-electron chi connectivity index (χ4n) is 1.41. The summed E-state index contributed by atoms with van der Waals surface area (Å²) in [4.78, 5) is 3.77. The van der Waals surface area contributed by atoms with Gasteiger partial charge in [-0.1, -0.05) is 25.4 Å². The van der Waals surface area contributed by atoms with Crippen molar-refractivity contribution in [3.63, 3.8) is 0 Å². The van der Waals surface area contributed by atoms with Gasteiger partial charge in [-0.3, -0.25) is 0 Å². The number of hydrogen-bond donors (Lipinski definition) is 1. The van der Waals surface area contributed by atoms with Gasteiger partial charge in [0.1, 0.15) is 5.69 Å². The lowest BCUT2D eigenvalue weighted by Crippen LogP contribution is -2.15. The topological polar surface area (TPSA) is 48.1 Å². The Morgan fingerprint density at radius 3 is 2.24 bits per heavy atom. The summed E-state index contributed by atoms with van der Waals surface area (Å²) in [5.41, 5.74) is 3.97. The van der Waals surface area contributed by atoms with Gasteiger partial charge in [0.15, 0.2) is 0 Å². The average Bonchev–Trinajstić information content (AvgIpc) is 2.19. The Hall–Kier alpha value is -1.17. The maximum Gasteiger partial charge on any atom is 0.419 e. The number of nitrogen functional groups attached to an aromatic ring is 1. The molecule has 0 spiro atoms. The van der Waals surface area contributed by atoms with E-state index >= 15 is 0 Å². The van der Waals surface area contributed by atoms with Crippen LogP contribution >= 0.6 is 11.6 Å². The number of alkyl halides is 3. The van der Waals surface area contributed by atoms with E-state index in [-0.39, 0.29) is 17.3 Å². The van der Waals surface area contributed by atoms with Crippen LogP contribution in [0.25, 0.3) is 0 Å². The third kappa shape index (κ3) is 2.57. The molecule has 3 nitrogen and oxygen atoms in total. The molecule has 0 atom stereocenters. The van der Waals surface area contributed by atoms with Gasteiger partial charge in [0.05, 0.1) is 23.4 Å². The molecule has 0 unspecified atom stereocenters. The normalized spacial score (nSPS) is 12.0. The van der Waals surface area contributed by atoms with Gasteiger partial charge in [-0.15, -0.1) is 0 Å². The van der Waals surface area contributed by atoms with Gasteiger partial charge >= 0.3 is 6.18 Å². The molecule has 0 aliphatic rings. The van der Waals surface area contributed by atoms with Crippen LogP contribution in [0.2, 0.25) is 5.02 Å². The van der Waals surface area contributed by atoms with Crippen molar-refractivity contribution in [1.29, 1.82) is 0 Å². The van der Waals surface area contributed by atoms with E-state index in [1.807, 2.05) is 0 Å². The molecule has 0 bridgehead atoms. The van der Waals surface area contributed by atoms with Crippen molar-refractivity contribution in [2.45, 2.75) is 25.9 Å². The molecule has 17 heavy (non-hydrogen) atoms. The largest absolute Gasteiger partial charge is 0.479 e. The predicted molar refractivity (Wildman–Crippen MR) is 59.3 cm³/mol. The molecular weight excluding hydrogens is 257 g/mol. The Bertz CT molecular complexity index is 433. The van der Waals surface area contributed by atoms with Crippen molar-refractivity contribution >= 4 is 17.3 Å². The molecule has 2 N–H and O–H groups in total. The first-order valence-corrected chi connectivity index (χ1v) is 5.18. The van der Waals surface area contributed by atoms with E-state index in [1.54, 1.807) is 13.8 Å². The van der Waals surface area contributed by atoms with Crippen LogP contribution < -0.4 is 10.5 Å². The van der Waals surface area contributed by atoms with Gasteiger partial charge < -0.3 is 10.5 Å². The number of nitrogens with zero attached hydrogens (tertiary/aromatic N) is 1. The smallest absolute Gasteiger partial charge is 0.419 e. The van der Waals surface area contributed by atoms with Gasteiger partial charge in [-0.25, -0.2) is 4.98 Å². The van der Waals surface area contributed by atoms with Gasteiger partial charge in [0.25, 0.3) is 0 Å². The molecule has 0 saturated heterocycles. The maximum atomic E-state index is 12.9. The molecule has 1 rings (SSSR count). The fraction of sp³-hybridized carbons (Fsp3) is 0.500. The van der Waals surface area contributed by atoms with Gasteiger partial charge in [-0.05, 0) is 5.92 Å². The van der Waals surface area contributed by atoms with E-state index in [0.717, 1.165) is 0 Å². The zero-order chi connectivity index (χ0) is 13.4. The SMILES string of the molecule is COc1nc(C(C)C)c(C(F)(F)F)c(Cl)c1N. The van der Waals surface area contributed by atoms with E-state index < -0.39 is 22.7 Å². The number of nitrogens with two attached hydrogens (primary N) is 1. The Kier molecular flexibility index (Phi) is 3.76. The third-order valence-electron chi connectivity index (χ3n) is 2.19. The van der Waals surface area contributed by atoms with Crippen molar-refractivity contribution in [3.8, 4) is 5.88 Å². The lowest BCUT2D eigenvalue weighted by atomic mass is 10.0. The van der Waals surface area contributed by atoms with Crippen molar-refractivity contribution in [3.05, 3.63) is 16.3 Å². The van der Waals surface area contributed by atoms with Crippen LogP contribution in [-0.4, -0.2) is 12.1 Å². The minimum absolute atomic E-state index is 0.0910. The highest BCUT2D eigenvalue weighted by Gasteiger charge is 2.39. The molecule has 7 heteroatoms. The number of hydrogen-bond acceptors (Lipinski definition) is 3. The molecule has 0 fully saturated rings. The number of pyridine rings is 1. The maximum absolute atomic E-state index is 12.9. The Labute approximate surface area is 102 Å². The fourth-order valence-corrected chi connectivity index (χ4v) is 1.69. The summed E-state index contributed by atoms with van der Waals surface area (Å²) < 4.78 is 43.4. The molecule has 1 heterocycles. The quantitative estimate of drug-likeness (QED) is 0.893. The lowest BCUT2D eigenvalue weighted by Gasteiger charge is -2.18. The van der Waals surface area contributed by atoms with Crippen molar-refractivity contribution < 1.29 is 17.9 Å². The highest BCUT2D eigenvalue weighted by molar-refractivity contribution is 6.34. The summed E-state index contributed by atoms with van der Waals surface area (Å²) in [5, 5.41) is -0.562. The predicted octanol–water partition coefficient (Wildman–Crippen LogP) is 3.47. The second kappa shape index (κ2) is 4.60. The van der Waals surface area contributed by atoms with Crippen LogP contribution in [0.3, 0.4) is 0 Å². The molecule has 1 aromatic rings. The minimum Gasteiger partial charge on any atom is -0.479 e. The van der Waals surface area contributed by atoms with Crippen molar-refractivity contribution in [1.82, 2.24) is 4.98 Å². The van der Waals surface area contributed by atoms with E-state index in [4.69, 9.17) is 22.1 Å². The van der Waals surface area contributed by atoms with Crippen LogP contribution in [0, 0.1) is 0 Å². The number of anilines is 1. The number of halogens is 4. The summed E-state index contributed by atoms with van der Waals surface area (Å²) >= 11 is 5.65. The van der Waals surface area contributed by atoms with Crippen LogP contribution in [0.5, 0.6) is 5.88 Å². The highest BCUT2D eigenvalue weighted by Crippen LogP contribution is 2.43. The third-order valence-corrected chi connectivity index (χ3v) is 2.58. The summed E-state index contributed by atoms with van der Waals surface area (Å²) in [6, 6.07) is 0. The van der Waals surface area contributed by atoms with E-state index in [1.165, 1.54) is 7.11 Å². The molecule has 96 valence electrons. The number of rotatable bonds is 2. The summed E-state index contributed by atoms with van der Waals surface area (Å²) in [5.74, 6) is -0.537.